The normalized spacial score (nSPS) is 9.58. The number of hydrogen-bond acceptors (Lipinski definition) is 2. The van der Waals surface area contributed by atoms with Crippen molar-refractivity contribution < 1.29 is 4.79 Å². The summed E-state index contributed by atoms with van der Waals surface area (Å²) in [6.07, 6.45) is 0. The zero-order valence-electron chi connectivity index (χ0n) is 7.53. The lowest BCUT2D eigenvalue weighted by atomic mass is 10.3. The minimum Gasteiger partial charge on any atom is -0.343 e. The van der Waals surface area contributed by atoms with Gasteiger partial charge >= 0.3 is 0 Å². The molecule has 64 valence electrons. The van der Waals surface area contributed by atoms with Crippen molar-refractivity contribution in [2.75, 3.05) is 14.1 Å². The molecule has 0 radical (unpaired) electrons. The monoisotopic (exact) mass is 164 g/mol. The summed E-state index contributed by atoms with van der Waals surface area (Å²) in [5, 5.41) is 0. The number of rotatable bonds is 1. The van der Waals surface area contributed by atoms with Crippen molar-refractivity contribution in [1.82, 2.24) is 9.88 Å². The van der Waals surface area contributed by atoms with Gasteiger partial charge in [-0.25, -0.2) is 4.98 Å². The summed E-state index contributed by atoms with van der Waals surface area (Å²) in [5.41, 5.74) is 1.36. The Balaban J connectivity index is 2.96. The third-order valence-corrected chi connectivity index (χ3v) is 1.51. The van der Waals surface area contributed by atoms with E-state index >= 15 is 0 Å². The average Bonchev–Trinajstić information content (AvgIpc) is 2.03. The van der Waals surface area contributed by atoms with Gasteiger partial charge in [-0.2, -0.15) is 0 Å². The van der Waals surface area contributed by atoms with Crippen LogP contribution in [0.25, 0.3) is 0 Å². The second-order valence-electron chi connectivity index (χ2n) is 2.86. The minimum absolute atomic E-state index is 0.0568. The van der Waals surface area contributed by atoms with E-state index in [0.717, 1.165) is 5.69 Å². The lowest BCUT2D eigenvalue weighted by Crippen LogP contribution is -2.22. The zero-order valence-corrected chi connectivity index (χ0v) is 7.53. The molecule has 0 spiro atoms. The van der Waals surface area contributed by atoms with E-state index in [1.807, 2.05) is 19.1 Å². The average molecular weight is 164 g/mol. The van der Waals surface area contributed by atoms with Gasteiger partial charge in [-0.05, 0) is 19.1 Å². The highest BCUT2D eigenvalue weighted by Gasteiger charge is 2.07. The molecule has 1 amide bonds. The number of aromatic nitrogens is 1. The maximum atomic E-state index is 11.4. The van der Waals surface area contributed by atoms with E-state index in [0.29, 0.717) is 5.69 Å². The first-order valence-electron chi connectivity index (χ1n) is 3.76. The highest BCUT2D eigenvalue weighted by molar-refractivity contribution is 5.91. The summed E-state index contributed by atoms with van der Waals surface area (Å²) in [6.45, 7) is 1.87. The quantitative estimate of drug-likeness (QED) is 0.622. The molecule has 0 unspecified atom stereocenters. The second kappa shape index (κ2) is 3.34. The number of carbonyl (C=O) groups excluding carboxylic acids is 1. The van der Waals surface area contributed by atoms with E-state index in [2.05, 4.69) is 4.98 Å². The topological polar surface area (TPSA) is 33.2 Å². The highest BCUT2D eigenvalue weighted by atomic mass is 16.2. The molecule has 0 fully saturated rings. The third kappa shape index (κ3) is 1.81. The molecule has 1 aromatic heterocycles. The predicted molar refractivity (Wildman–Crippen MR) is 47.0 cm³/mol. The maximum Gasteiger partial charge on any atom is 0.271 e. The van der Waals surface area contributed by atoms with Crippen LogP contribution in [0.4, 0.5) is 0 Å². The minimum atomic E-state index is -0.0568. The lowest BCUT2D eigenvalue weighted by molar-refractivity contribution is 0.0822. The standard InChI is InChI=1S/C9H12N2O/c1-7-5-4-6-8(10-7)9(12)11(2)3/h4-6H,1-3H3. The molecule has 1 aromatic rings. The third-order valence-electron chi connectivity index (χ3n) is 1.51. The van der Waals surface area contributed by atoms with Crippen LogP contribution in [0.1, 0.15) is 16.2 Å². The van der Waals surface area contributed by atoms with Crippen LogP contribution in [0.15, 0.2) is 18.2 Å². The van der Waals surface area contributed by atoms with Crippen molar-refractivity contribution in [1.29, 1.82) is 0 Å². The summed E-state index contributed by atoms with van der Waals surface area (Å²) in [5.74, 6) is -0.0568. The van der Waals surface area contributed by atoms with Crippen LogP contribution < -0.4 is 0 Å². The van der Waals surface area contributed by atoms with Crippen LogP contribution in [-0.2, 0) is 0 Å². The molecule has 1 rings (SSSR count). The largest absolute Gasteiger partial charge is 0.343 e. The summed E-state index contributed by atoms with van der Waals surface area (Å²) >= 11 is 0. The van der Waals surface area contributed by atoms with Gasteiger partial charge < -0.3 is 4.90 Å². The van der Waals surface area contributed by atoms with Gasteiger partial charge in [-0.1, -0.05) is 6.07 Å². The smallest absolute Gasteiger partial charge is 0.271 e. The number of carbonyl (C=O) groups is 1. The number of aryl methyl sites for hydroxylation is 1. The highest BCUT2D eigenvalue weighted by Crippen LogP contribution is 2.00. The Labute approximate surface area is 72.0 Å². The molecule has 3 nitrogen and oxygen atoms in total. The lowest BCUT2D eigenvalue weighted by Gasteiger charge is -2.08. The van der Waals surface area contributed by atoms with E-state index < -0.39 is 0 Å². The van der Waals surface area contributed by atoms with Crippen molar-refractivity contribution in [2.45, 2.75) is 6.92 Å². The molecule has 12 heavy (non-hydrogen) atoms. The predicted octanol–water partition coefficient (Wildman–Crippen LogP) is 1.09. The molecule has 0 bridgehead atoms. The molecule has 3 heteroatoms. The van der Waals surface area contributed by atoms with Crippen molar-refractivity contribution in [3.8, 4) is 0 Å². The summed E-state index contributed by atoms with van der Waals surface area (Å²) in [6, 6.07) is 5.42. The van der Waals surface area contributed by atoms with Crippen LogP contribution in [0, 0.1) is 6.92 Å². The number of nitrogens with zero attached hydrogens (tertiary/aromatic N) is 2. The van der Waals surface area contributed by atoms with Crippen LogP contribution in [0.2, 0.25) is 0 Å². The van der Waals surface area contributed by atoms with Gasteiger partial charge in [0.2, 0.25) is 0 Å². The fourth-order valence-corrected chi connectivity index (χ4v) is 0.891. The van der Waals surface area contributed by atoms with E-state index in [1.54, 1.807) is 20.2 Å². The molecular weight excluding hydrogens is 152 g/mol. The van der Waals surface area contributed by atoms with Gasteiger partial charge in [0.1, 0.15) is 5.69 Å². The molecule has 0 aliphatic heterocycles. The van der Waals surface area contributed by atoms with Gasteiger partial charge in [0.15, 0.2) is 0 Å². The molecule has 0 aliphatic rings. The van der Waals surface area contributed by atoms with E-state index in [9.17, 15) is 4.79 Å². The Kier molecular flexibility index (Phi) is 2.43. The van der Waals surface area contributed by atoms with Crippen LogP contribution in [0.5, 0.6) is 0 Å². The zero-order chi connectivity index (χ0) is 9.14. The first-order valence-corrected chi connectivity index (χ1v) is 3.76. The maximum absolute atomic E-state index is 11.4. The van der Waals surface area contributed by atoms with Crippen LogP contribution in [-0.4, -0.2) is 29.9 Å². The van der Waals surface area contributed by atoms with Gasteiger partial charge in [0.25, 0.3) is 5.91 Å². The van der Waals surface area contributed by atoms with Gasteiger partial charge in [-0.15, -0.1) is 0 Å². The number of hydrogen-bond donors (Lipinski definition) is 0. The fraction of sp³-hybridized carbons (Fsp3) is 0.333. The summed E-state index contributed by atoms with van der Waals surface area (Å²) in [4.78, 5) is 17.0. The number of amides is 1. The first-order chi connectivity index (χ1) is 5.61. The molecular formula is C9H12N2O. The molecule has 0 saturated heterocycles. The Morgan fingerprint density at radius 2 is 2.08 bits per heavy atom. The Morgan fingerprint density at radius 1 is 1.42 bits per heavy atom. The van der Waals surface area contributed by atoms with E-state index in [1.165, 1.54) is 4.90 Å². The molecule has 0 saturated carbocycles. The molecule has 1 heterocycles. The summed E-state index contributed by atoms with van der Waals surface area (Å²) in [7, 11) is 3.43. The molecule has 0 N–H and O–H groups in total. The Bertz CT molecular complexity index is 294. The van der Waals surface area contributed by atoms with E-state index in [-0.39, 0.29) is 5.91 Å². The second-order valence-corrected chi connectivity index (χ2v) is 2.86. The van der Waals surface area contributed by atoms with Gasteiger partial charge in [-0.3, -0.25) is 4.79 Å². The van der Waals surface area contributed by atoms with Gasteiger partial charge in [0, 0.05) is 19.8 Å². The summed E-state index contributed by atoms with van der Waals surface area (Å²) < 4.78 is 0. The van der Waals surface area contributed by atoms with E-state index in [4.69, 9.17) is 0 Å². The van der Waals surface area contributed by atoms with Crippen LogP contribution >= 0.6 is 0 Å². The fourth-order valence-electron chi connectivity index (χ4n) is 0.891. The van der Waals surface area contributed by atoms with Crippen molar-refractivity contribution in [3.05, 3.63) is 29.6 Å². The number of pyridine rings is 1. The Morgan fingerprint density at radius 3 is 2.58 bits per heavy atom. The molecule has 0 aliphatic carbocycles. The Hall–Kier alpha value is -1.38. The molecule has 0 aromatic carbocycles. The molecule has 0 atom stereocenters. The van der Waals surface area contributed by atoms with Crippen molar-refractivity contribution in [3.63, 3.8) is 0 Å². The van der Waals surface area contributed by atoms with Crippen molar-refractivity contribution in [2.24, 2.45) is 0 Å². The van der Waals surface area contributed by atoms with Gasteiger partial charge in [0.05, 0.1) is 0 Å². The first kappa shape index (κ1) is 8.71. The van der Waals surface area contributed by atoms with Crippen LogP contribution in [0.3, 0.4) is 0 Å². The SMILES string of the molecule is Cc1cccc(C(=O)N(C)C)n1. The van der Waals surface area contributed by atoms with Crippen molar-refractivity contribution >= 4 is 5.91 Å².